The summed E-state index contributed by atoms with van der Waals surface area (Å²) in [6.45, 7) is 2.01. The van der Waals surface area contributed by atoms with E-state index in [1.807, 2.05) is 25.3 Å². The molecule has 2 N–H and O–H groups in total. The van der Waals surface area contributed by atoms with Crippen LogP contribution in [0.2, 0.25) is 0 Å². The number of aromatic amines is 1. The van der Waals surface area contributed by atoms with Gasteiger partial charge in [-0.1, -0.05) is 18.2 Å². The fourth-order valence-electron chi connectivity index (χ4n) is 2.11. The van der Waals surface area contributed by atoms with Crippen LogP contribution in [-0.2, 0) is 11.2 Å². The van der Waals surface area contributed by atoms with Crippen LogP contribution in [0.25, 0.3) is 10.9 Å². The van der Waals surface area contributed by atoms with Crippen LogP contribution in [0.4, 0.5) is 0 Å². The first kappa shape index (κ1) is 13.0. The first-order chi connectivity index (χ1) is 8.70. The quantitative estimate of drug-likeness (QED) is 0.802. The highest BCUT2D eigenvalue weighted by Crippen LogP contribution is 2.18. The summed E-state index contributed by atoms with van der Waals surface area (Å²) in [6, 6.07) is 8.29. The SMILES string of the molecule is C[C@@H](Cc1c[nH]c2ccccc12)NC(=O)CCCl. The molecule has 0 unspecified atom stereocenters. The van der Waals surface area contributed by atoms with Gasteiger partial charge in [-0.2, -0.15) is 0 Å². The highest BCUT2D eigenvalue weighted by atomic mass is 35.5. The fraction of sp³-hybridized carbons (Fsp3) is 0.357. The Balaban J connectivity index is 2.03. The third-order valence-electron chi connectivity index (χ3n) is 2.93. The average Bonchev–Trinajstić information content (AvgIpc) is 2.73. The molecule has 0 spiro atoms. The number of benzene rings is 1. The Morgan fingerprint density at radius 2 is 2.22 bits per heavy atom. The van der Waals surface area contributed by atoms with E-state index in [1.54, 1.807) is 0 Å². The summed E-state index contributed by atoms with van der Waals surface area (Å²) >= 11 is 5.53. The lowest BCUT2D eigenvalue weighted by atomic mass is 10.1. The van der Waals surface area contributed by atoms with E-state index in [0.717, 1.165) is 11.9 Å². The Kier molecular flexibility index (Phi) is 4.26. The zero-order valence-corrected chi connectivity index (χ0v) is 11.1. The number of hydrogen-bond donors (Lipinski definition) is 2. The zero-order valence-electron chi connectivity index (χ0n) is 10.4. The lowest BCUT2D eigenvalue weighted by Crippen LogP contribution is -2.34. The topological polar surface area (TPSA) is 44.9 Å². The van der Waals surface area contributed by atoms with E-state index in [2.05, 4.69) is 22.4 Å². The maximum atomic E-state index is 11.4. The number of amides is 1. The number of para-hydroxylation sites is 1. The molecule has 4 heteroatoms. The molecule has 18 heavy (non-hydrogen) atoms. The minimum Gasteiger partial charge on any atom is -0.361 e. The second-order valence-corrected chi connectivity index (χ2v) is 4.85. The minimum atomic E-state index is 0.0114. The predicted molar refractivity (Wildman–Crippen MR) is 74.9 cm³/mol. The maximum Gasteiger partial charge on any atom is 0.221 e. The third-order valence-corrected chi connectivity index (χ3v) is 3.12. The van der Waals surface area contributed by atoms with Crippen molar-refractivity contribution in [3.8, 4) is 0 Å². The van der Waals surface area contributed by atoms with Crippen LogP contribution in [0.5, 0.6) is 0 Å². The highest BCUT2D eigenvalue weighted by Gasteiger charge is 2.10. The molecule has 1 heterocycles. The first-order valence-corrected chi connectivity index (χ1v) is 6.64. The number of aromatic nitrogens is 1. The molecular formula is C14H17ClN2O. The van der Waals surface area contributed by atoms with Crippen molar-refractivity contribution in [2.45, 2.75) is 25.8 Å². The summed E-state index contributed by atoms with van der Waals surface area (Å²) in [4.78, 5) is 14.7. The van der Waals surface area contributed by atoms with Gasteiger partial charge in [0.05, 0.1) is 0 Å². The molecule has 0 saturated carbocycles. The largest absolute Gasteiger partial charge is 0.361 e. The van der Waals surface area contributed by atoms with Gasteiger partial charge in [-0.05, 0) is 25.0 Å². The van der Waals surface area contributed by atoms with Gasteiger partial charge in [0.15, 0.2) is 0 Å². The summed E-state index contributed by atoms with van der Waals surface area (Å²) in [7, 11) is 0. The zero-order chi connectivity index (χ0) is 13.0. The average molecular weight is 265 g/mol. The number of H-pyrrole nitrogens is 1. The van der Waals surface area contributed by atoms with Crippen molar-refractivity contribution in [1.82, 2.24) is 10.3 Å². The van der Waals surface area contributed by atoms with Gasteiger partial charge in [0, 0.05) is 35.4 Å². The summed E-state index contributed by atoms with van der Waals surface area (Å²) in [6.07, 6.45) is 3.20. The van der Waals surface area contributed by atoms with Crippen molar-refractivity contribution in [2.75, 3.05) is 5.88 Å². The van der Waals surface area contributed by atoms with Gasteiger partial charge in [0.1, 0.15) is 0 Å². The Labute approximate surface area is 112 Å². The van der Waals surface area contributed by atoms with Crippen LogP contribution < -0.4 is 5.32 Å². The van der Waals surface area contributed by atoms with Crippen LogP contribution in [0.15, 0.2) is 30.5 Å². The molecule has 96 valence electrons. The van der Waals surface area contributed by atoms with Gasteiger partial charge in [-0.25, -0.2) is 0 Å². The van der Waals surface area contributed by atoms with Crippen molar-refractivity contribution < 1.29 is 4.79 Å². The molecule has 0 saturated heterocycles. The first-order valence-electron chi connectivity index (χ1n) is 6.11. The van der Waals surface area contributed by atoms with Crippen LogP contribution in [0.3, 0.4) is 0 Å². The molecule has 1 aromatic heterocycles. The Morgan fingerprint density at radius 3 is 3.00 bits per heavy atom. The Morgan fingerprint density at radius 1 is 1.44 bits per heavy atom. The summed E-state index contributed by atoms with van der Waals surface area (Å²) in [5.41, 5.74) is 2.36. The second-order valence-electron chi connectivity index (χ2n) is 4.47. The Hall–Kier alpha value is -1.48. The molecule has 0 radical (unpaired) electrons. The van der Waals surface area contributed by atoms with E-state index in [9.17, 15) is 4.79 Å². The number of hydrogen-bond acceptors (Lipinski definition) is 1. The monoisotopic (exact) mass is 264 g/mol. The molecule has 0 bridgehead atoms. The normalized spacial score (nSPS) is 12.6. The van der Waals surface area contributed by atoms with Gasteiger partial charge in [0.25, 0.3) is 0 Å². The van der Waals surface area contributed by atoms with E-state index in [0.29, 0.717) is 12.3 Å². The van der Waals surface area contributed by atoms with E-state index in [4.69, 9.17) is 11.6 Å². The second kappa shape index (κ2) is 5.91. The number of nitrogens with one attached hydrogen (secondary N) is 2. The standard InChI is InChI=1S/C14H17ClN2O/c1-10(17-14(18)6-7-15)8-11-9-16-13-5-3-2-4-12(11)13/h2-5,9-10,16H,6-8H2,1H3,(H,17,18)/t10-/m0/s1. The molecule has 2 rings (SSSR count). The molecular weight excluding hydrogens is 248 g/mol. The lowest BCUT2D eigenvalue weighted by molar-refractivity contribution is -0.121. The van der Waals surface area contributed by atoms with Gasteiger partial charge in [-0.3, -0.25) is 4.79 Å². The smallest absolute Gasteiger partial charge is 0.221 e. The molecule has 1 aromatic carbocycles. The highest BCUT2D eigenvalue weighted by molar-refractivity contribution is 6.18. The van der Waals surface area contributed by atoms with E-state index in [-0.39, 0.29) is 11.9 Å². The molecule has 0 aliphatic heterocycles. The molecule has 1 amide bonds. The molecule has 2 aromatic rings. The Bertz CT molecular complexity index is 535. The number of alkyl halides is 1. The molecule has 1 atom stereocenters. The maximum absolute atomic E-state index is 11.4. The number of halogens is 1. The van der Waals surface area contributed by atoms with Gasteiger partial charge >= 0.3 is 0 Å². The molecule has 3 nitrogen and oxygen atoms in total. The summed E-state index contributed by atoms with van der Waals surface area (Å²) in [5.74, 6) is 0.378. The minimum absolute atomic E-state index is 0.0114. The van der Waals surface area contributed by atoms with Crippen molar-refractivity contribution in [3.63, 3.8) is 0 Å². The van der Waals surface area contributed by atoms with Crippen LogP contribution >= 0.6 is 11.6 Å². The number of fused-ring (bicyclic) bond motifs is 1. The van der Waals surface area contributed by atoms with E-state index in [1.165, 1.54) is 10.9 Å². The van der Waals surface area contributed by atoms with Gasteiger partial charge in [-0.15, -0.1) is 11.6 Å². The number of rotatable bonds is 5. The van der Waals surface area contributed by atoms with Crippen LogP contribution in [-0.4, -0.2) is 22.8 Å². The predicted octanol–water partition coefficient (Wildman–Crippen LogP) is 2.84. The van der Waals surface area contributed by atoms with E-state index < -0.39 is 0 Å². The van der Waals surface area contributed by atoms with Gasteiger partial charge < -0.3 is 10.3 Å². The summed E-state index contributed by atoms with van der Waals surface area (Å²) < 4.78 is 0. The van der Waals surface area contributed by atoms with Crippen molar-refractivity contribution in [3.05, 3.63) is 36.0 Å². The van der Waals surface area contributed by atoms with Crippen LogP contribution in [0, 0.1) is 0 Å². The van der Waals surface area contributed by atoms with Crippen molar-refractivity contribution in [1.29, 1.82) is 0 Å². The third kappa shape index (κ3) is 3.05. The molecule has 0 aliphatic carbocycles. The molecule has 0 fully saturated rings. The fourth-order valence-corrected chi connectivity index (χ4v) is 2.29. The number of carbonyl (C=O) groups is 1. The lowest BCUT2D eigenvalue weighted by Gasteiger charge is -2.12. The van der Waals surface area contributed by atoms with E-state index >= 15 is 0 Å². The van der Waals surface area contributed by atoms with Crippen molar-refractivity contribution >= 4 is 28.4 Å². The molecule has 0 aliphatic rings. The van der Waals surface area contributed by atoms with Crippen molar-refractivity contribution in [2.24, 2.45) is 0 Å². The van der Waals surface area contributed by atoms with Crippen LogP contribution in [0.1, 0.15) is 18.9 Å². The number of carbonyl (C=O) groups excluding carboxylic acids is 1. The summed E-state index contributed by atoms with van der Waals surface area (Å²) in [5, 5.41) is 4.16. The van der Waals surface area contributed by atoms with Gasteiger partial charge in [0.2, 0.25) is 5.91 Å².